The predicted molar refractivity (Wildman–Crippen MR) is 73.7 cm³/mol. The van der Waals surface area contributed by atoms with Gasteiger partial charge in [0.05, 0.1) is 16.9 Å². The van der Waals surface area contributed by atoms with Crippen molar-refractivity contribution in [2.45, 2.75) is 59.1 Å². The second kappa shape index (κ2) is 4.86. The Kier molecular flexibility index (Phi) is 3.75. The predicted octanol–water partition coefficient (Wildman–Crippen LogP) is 3.98. The molecule has 1 aliphatic rings. The molecule has 0 spiro atoms. The van der Waals surface area contributed by atoms with Crippen molar-refractivity contribution in [3.8, 4) is 0 Å². The minimum atomic E-state index is -0.514. The molecule has 1 heterocycles. The minimum Gasteiger partial charge on any atom is -0.386 e. The third-order valence-electron chi connectivity index (χ3n) is 4.28. The number of hydrogen-bond acceptors (Lipinski definition) is 2. The molecule has 3 nitrogen and oxygen atoms in total. The molecular formula is C14H23ClN2O. The second-order valence-electron chi connectivity index (χ2n) is 6.35. The van der Waals surface area contributed by atoms with Crippen LogP contribution in [0, 0.1) is 11.3 Å². The number of aliphatic hydroxyl groups excluding tert-OH is 1. The number of aromatic nitrogens is 2. The lowest BCUT2D eigenvalue weighted by Gasteiger charge is -2.32. The highest BCUT2D eigenvalue weighted by atomic mass is 35.5. The molecule has 2 rings (SSSR count). The van der Waals surface area contributed by atoms with Crippen LogP contribution in [0.3, 0.4) is 0 Å². The fourth-order valence-corrected chi connectivity index (χ4v) is 3.41. The van der Waals surface area contributed by atoms with E-state index in [1.54, 1.807) is 6.20 Å². The van der Waals surface area contributed by atoms with Crippen LogP contribution < -0.4 is 0 Å². The molecule has 4 heteroatoms. The summed E-state index contributed by atoms with van der Waals surface area (Å²) in [4.78, 5) is 0. The van der Waals surface area contributed by atoms with Crippen LogP contribution in [-0.4, -0.2) is 14.9 Å². The summed E-state index contributed by atoms with van der Waals surface area (Å²) in [7, 11) is 0. The van der Waals surface area contributed by atoms with Crippen molar-refractivity contribution in [3.63, 3.8) is 0 Å². The molecule has 1 saturated carbocycles. The Morgan fingerprint density at radius 3 is 2.67 bits per heavy atom. The van der Waals surface area contributed by atoms with Crippen molar-refractivity contribution in [2.75, 3.05) is 0 Å². The molecule has 1 fully saturated rings. The molecule has 2 unspecified atom stereocenters. The van der Waals surface area contributed by atoms with E-state index in [1.165, 1.54) is 12.8 Å². The van der Waals surface area contributed by atoms with Crippen LogP contribution in [0.1, 0.15) is 64.8 Å². The van der Waals surface area contributed by atoms with Gasteiger partial charge in [-0.3, -0.25) is 4.68 Å². The van der Waals surface area contributed by atoms with Crippen molar-refractivity contribution in [3.05, 3.63) is 16.9 Å². The molecule has 0 amide bonds. The van der Waals surface area contributed by atoms with Crippen LogP contribution in [-0.2, 0) is 0 Å². The fraction of sp³-hybridized carbons (Fsp3) is 0.786. The number of halogens is 1. The van der Waals surface area contributed by atoms with E-state index in [0.717, 1.165) is 12.1 Å². The number of hydrogen-bond donors (Lipinski definition) is 1. The van der Waals surface area contributed by atoms with E-state index >= 15 is 0 Å². The van der Waals surface area contributed by atoms with Crippen LogP contribution in [0.4, 0.5) is 0 Å². The van der Waals surface area contributed by atoms with Gasteiger partial charge >= 0.3 is 0 Å². The largest absolute Gasteiger partial charge is 0.386 e. The summed E-state index contributed by atoms with van der Waals surface area (Å²) in [6.07, 6.45) is 4.54. The van der Waals surface area contributed by atoms with E-state index in [0.29, 0.717) is 5.02 Å². The first-order valence-corrected chi connectivity index (χ1v) is 7.13. The number of aliphatic hydroxyl groups is 1. The van der Waals surface area contributed by atoms with E-state index in [-0.39, 0.29) is 17.4 Å². The molecule has 18 heavy (non-hydrogen) atoms. The van der Waals surface area contributed by atoms with E-state index in [2.05, 4.69) is 32.8 Å². The van der Waals surface area contributed by atoms with Gasteiger partial charge in [-0.25, -0.2) is 0 Å². The monoisotopic (exact) mass is 270 g/mol. The van der Waals surface area contributed by atoms with Crippen molar-refractivity contribution >= 4 is 11.6 Å². The third-order valence-corrected chi connectivity index (χ3v) is 4.57. The zero-order valence-corrected chi connectivity index (χ0v) is 12.4. The van der Waals surface area contributed by atoms with Gasteiger partial charge in [-0.15, -0.1) is 0 Å². The Labute approximate surface area is 114 Å². The Morgan fingerprint density at radius 1 is 1.50 bits per heavy atom. The zero-order chi connectivity index (χ0) is 13.5. The van der Waals surface area contributed by atoms with Crippen molar-refractivity contribution in [2.24, 2.45) is 11.3 Å². The van der Waals surface area contributed by atoms with Crippen molar-refractivity contribution in [1.29, 1.82) is 0 Å². The maximum atomic E-state index is 10.7. The summed E-state index contributed by atoms with van der Waals surface area (Å²) in [6, 6.07) is 0.215. The summed E-state index contributed by atoms with van der Waals surface area (Å²) in [5, 5.41) is 15.6. The van der Waals surface area contributed by atoms with E-state index in [4.69, 9.17) is 11.6 Å². The van der Waals surface area contributed by atoms with Gasteiger partial charge in [-0.1, -0.05) is 31.9 Å². The second-order valence-corrected chi connectivity index (χ2v) is 6.76. The Morgan fingerprint density at radius 2 is 2.17 bits per heavy atom. The lowest BCUT2D eigenvalue weighted by atomic mass is 9.77. The molecule has 2 atom stereocenters. The Bertz CT molecular complexity index is 425. The van der Waals surface area contributed by atoms with E-state index in [9.17, 15) is 5.11 Å². The normalized spacial score (nSPS) is 24.7. The summed E-state index contributed by atoms with van der Waals surface area (Å²) in [5.74, 6) is 0.268. The summed E-state index contributed by atoms with van der Waals surface area (Å²) >= 11 is 6.21. The molecule has 0 radical (unpaired) electrons. The molecule has 1 aromatic heterocycles. The zero-order valence-electron chi connectivity index (χ0n) is 11.7. The average Bonchev–Trinajstić information content (AvgIpc) is 2.80. The quantitative estimate of drug-likeness (QED) is 0.902. The van der Waals surface area contributed by atoms with Gasteiger partial charge in [0.15, 0.2) is 0 Å². The van der Waals surface area contributed by atoms with Crippen LogP contribution in [0.25, 0.3) is 0 Å². The van der Waals surface area contributed by atoms with E-state index < -0.39 is 6.10 Å². The standard InChI is InChI=1S/C14H23ClN2O/c1-9(2)17-12(11(15)8-16-17)13(18)10-6-5-7-14(10,3)4/h8-10,13,18H,5-7H2,1-4H3. The molecule has 1 aliphatic carbocycles. The SMILES string of the molecule is CC(C)n1ncc(Cl)c1C(O)C1CCCC1(C)C. The molecule has 0 bridgehead atoms. The molecule has 1 aromatic rings. The van der Waals surface area contributed by atoms with Gasteiger partial charge in [-0.05, 0) is 38.0 Å². The van der Waals surface area contributed by atoms with E-state index in [1.807, 2.05) is 4.68 Å². The van der Waals surface area contributed by atoms with Gasteiger partial charge in [0.1, 0.15) is 6.10 Å². The van der Waals surface area contributed by atoms with Crippen LogP contribution in [0.15, 0.2) is 6.20 Å². The van der Waals surface area contributed by atoms with Crippen molar-refractivity contribution < 1.29 is 5.11 Å². The molecule has 0 aromatic carbocycles. The minimum absolute atomic E-state index is 0.175. The smallest absolute Gasteiger partial charge is 0.100 e. The average molecular weight is 271 g/mol. The lowest BCUT2D eigenvalue weighted by Crippen LogP contribution is -2.26. The van der Waals surface area contributed by atoms with Crippen molar-refractivity contribution in [1.82, 2.24) is 9.78 Å². The maximum absolute atomic E-state index is 10.7. The molecule has 0 saturated heterocycles. The number of nitrogens with zero attached hydrogens (tertiary/aromatic N) is 2. The Hall–Kier alpha value is -0.540. The maximum Gasteiger partial charge on any atom is 0.100 e. The first kappa shape index (κ1) is 13.9. The Balaban J connectivity index is 2.34. The van der Waals surface area contributed by atoms with Gasteiger partial charge < -0.3 is 5.11 Å². The van der Waals surface area contributed by atoms with Crippen LogP contribution in [0.5, 0.6) is 0 Å². The topological polar surface area (TPSA) is 38.0 Å². The lowest BCUT2D eigenvalue weighted by molar-refractivity contribution is 0.0455. The van der Waals surface area contributed by atoms with Gasteiger partial charge in [-0.2, -0.15) is 5.10 Å². The van der Waals surface area contributed by atoms with Crippen LogP contribution >= 0.6 is 11.6 Å². The molecule has 0 aliphatic heterocycles. The molecule has 102 valence electrons. The summed E-state index contributed by atoms with van der Waals surface area (Å²) in [6.45, 7) is 8.58. The summed E-state index contributed by atoms with van der Waals surface area (Å²) in [5.41, 5.74) is 0.959. The van der Waals surface area contributed by atoms with Gasteiger partial charge in [0, 0.05) is 6.04 Å². The van der Waals surface area contributed by atoms with Gasteiger partial charge in [0.25, 0.3) is 0 Å². The highest BCUT2D eigenvalue weighted by Crippen LogP contribution is 2.49. The summed E-state index contributed by atoms with van der Waals surface area (Å²) < 4.78 is 1.85. The molecular weight excluding hydrogens is 248 g/mol. The molecule has 1 N–H and O–H groups in total. The first-order valence-electron chi connectivity index (χ1n) is 6.75. The number of rotatable bonds is 3. The highest BCUT2D eigenvalue weighted by molar-refractivity contribution is 6.31. The van der Waals surface area contributed by atoms with Crippen LogP contribution in [0.2, 0.25) is 5.02 Å². The first-order chi connectivity index (χ1) is 8.34. The van der Waals surface area contributed by atoms with Gasteiger partial charge in [0.2, 0.25) is 0 Å². The fourth-order valence-electron chi connectivity index (χ4n) is 3.17. The highest BCUT2D eigenvalue weighted by Gasteiger charge is 2.41. The third kappa shape index (κ3) is 2.30.